The Bertz CT molecular complexity index is 793. The minimum absolute atomic E-state index is 0.138. The van der Waals surface area contributed by atoms with Gasteiger partial charge in [-0.25, -0.2) is 8.78 Å². The molecule has 1 aromatic rings. The van der Waals surface area contributed by atoms with Crippen LogP contribution in [0.15, 0.2) is 10.6 Å². The molecule has 3 N–H and O–H groups in total. The molecule has 2 heterocycles. The van der Waals surface area contributed by atoms with Crippen LogP contribution in [0.25, 0.3) is 0 Å². The van der Waals surface area contributed by atoms with E-state index in [4.69, 9.17) is 15.4 Å². The molecule has 1 atom stereocenters. The summed E-state index contributed by atoms with van der Waals surface area (Å²) in [6.07, 6.45) is 1.20. The molecule has 10 heteroatoms. The molecule has 1 aliphatic carbocycles. The van der Waals surface area contributed by atoms with Crippen LogP contribution in [-0.2, 0) is 15.0 Å². The van der Waals surface area contributed by atoms with E-state index in [1.165, 1.54) is 0 Å². The molecule has 0 bridgehead atoms. The Morgan fingerprint density at radius 2 is 1.81 bits per heavy atom. The van der Waals surface area contributed by atoms with Crippen molar-refractivity contribution >= 4 is 17.8 Å². The number of amides is 2. The number of primary amides is 1. The highest BCUT2D eigenvalue weighted by molar-refractivity contribution is 5.90. The van der Waals surface area contributed by atoms with Crippen LogP contribution in [0.4, 0.5) is 8.78 Å². The third kappa shape index (κ3) is 7.00. The average Bonchev–Trinajstić information content (AvgIpc) is 3.19. The molecule has 1 saturated carbocycles. The van der Waals surface area contributed by atoms with Gasteiger partial charge in [-0.2, -0.15) is 0 Å². The first-order valence-electron chi connectivity index (χ1n) is 10.5. The van der Waals surface area contributed by atoms with Crippen LogP contribution >= 0.6 is 0 Å². The zero-order valence-electron chi connectivity index (χ0n) is 18.2. The Balaban J connectivity index is 0.000000245. The van der Waals surface area contributed by atoms with Gasteiger partial charge in [-0.15, -0.1) is 0 Å². The summed E-state index contributed by atoms with van der Waals surface area (Å²) in [5, 5.41) is 12.5. The monoisotopic (exact) mass is 443 g/mol. The van der Waals surface area contributed by atoms with E-state index in [1.54, 1.807) is 11.0 Å². The van der Waals surface area contributed by atoms with Gasteiger partial charge in [-0.3, -0.25) is 14.4 Å². The zero-order valence-corrected chi connectivity index (χ0v) is 18.2. The second-order valence-electron chi connectivity index (χ2n) is 9.28. The number of halogens is 2. The molecule has 0 aromatic carbocycles. The maximum Gasteiger partial charge on any atom is 0.308 e. The van der Waals surface area contributed by atoms with Crippen molar-refractivity contribution in [1.29, 1.82) is 0 Å². The van der Waals surface area contributed by atoms with Crippen molar-refractivity contribution in [1.82, 2.24) is 10.1 Å². The fraction of sp³-hybridized carbons (Fsp3) is 0.714. The molecule has 1 aromatic heterocycles. The van der Waals surface area contributed by atoms with Crippen molar-refractivity contribution in [2.45, 2.75) is 70.6 Å². The lowest BCUT2D eigenvalue weighted by Crippen LogP contribution is -2.46. The molecule has 1 saturated heterocycles. The van der Waals surface area contributed by atoms with Gasteiger partial charge in [-0.1, -0.05) is 25.9 Å². The van der Waals surface area contributed by atoms with Crippen LogP contribution in [0.3, 0.4) is 0 Å². The summed E-state index contributed by atoms with van der Waals surface area (Å²) in [4.78, 5) is 35.4. The van der Waals surface area contributed by atoms with Crippen molar-refractivity contribution in [3.8, 4) is 0 Å². The Morgan fingerprint density at radius 3 is 2.26 bits per heavy atom. The van der Waals surface area contributed by atoms with Gasteiger partial charge in [0.2, 0.25) is 11.8 Å². The van der Waals surface area contributed by atoms with Gasteiger partial charge in [-0.05, 0) is 25.7 Å². The molecular formula is C21H31F2N3O5. The fourth-order valence-electron chi connectivity index (χ4n) is 3.67. The van der Waals surface area contributed by atoms with Crippen LogP contribution in [0.5, 0.6) is 0 Å². The lowest BCUT2D eigenvalue weighted by atomic mass is 9.85. The van der Waals surface area contributed by atoms with E-state index in [2.05, 4.69) is 5.16 Å². The second-order valence-corrected chi connectivity index (χ2v) is 9.28. The van der Waals surface area contributed by atoms with E-state index in [1.807, 2.05) is 20.8 Å². The number of likely N-dealkylation sites (tertiary alicyclic amines) is 1. The summed E-state index contributed by atoms with van der Waals surface area (Å²) in [6, 6.07) is 1.57. The Labute approximate surface area is 180 Å². The molecule has 1 unspecified atom stereocenters. The molecule has 0 spiro atoms. The van der Waals surface area contributed by atoms with Crippen molar-refractivity contribution < 1.29 is 32.8 Å². The molecule has 31 heavy (non-hydrogen) atoms. The number of hydrogen-bond acceptors (Lipinski definition) is 5. The maximum absolute atomic E-state index is 13.0. The van der Waals surface area contributed by atoms with Gasteiger partial charge in [0.05, 0.1) is 5.92 Å². The predicted octanol–water partition coefficient (Wildman–Crippen LogP) is 3.21. The number of carbonyl (C=O) groups is 3. The summed E-state index contributed by atoms with van der Waals surface area (Å²) in [6.45, 7) is 6.69. The predicted molar refractivity (Wildman–Crippen MR) is 108 cm³/mol. The number of rotatable bonds is 3. The fourth-order valence-corrected chi connectivity index (χ4v) is 3.67. The van der Waals surface area contributed by atoms with Crippen LogP contribution in [0.2, 0.25) is 0 Å². The van der Waals surface area contributed by atoms with E-state index in [9.17, 15) is 23.2 Å². The van der Waals surface area contributed by atoms with Gasteiger partial charge in [0.1, 0.15) is 5.76 Å². The number of nitrogens with two attached hydrogens (primary N) is 1. The summed E-state index contributed by atoms with van der Waals surface area (Å²) in [5.41, 5.74) is 5.05. The van der Waals surface area contributed by atoms with Gasteiger partial charge in [0.25, 0.3) is 5.91 Å². The van der Waals surface area contributed by atoms with E-state index in [0.29, 0.717) is 25.1 Å². The van der Waals surface area contributed by atoms with Crippen molar-refractivity contribution in [3.05, 3.63) is 17.5 Å². The van der Waals surface area contributed by atoms with Crippen LogP contribution in [0.1, 0.15) is 75.5 Å². The molecule has 3 rings (SSSR count). The van der Waals surface area contributed by atoms with Crippen LogP contribution < -0.4 is 5.73 Å². The molecule has 8 nitrogen and oxygen atoms in total. The van der Waals surface area contributed by atoms with Crippen LogP contribution in [0, 0.1) is 11.8 Å². The topological polar surface area (TPSA) is 127 Å². The standard InChI is InChI=1S/C13H19F2NO3.C8H12N2O2/c14-13(15)5-3-9(4-6-13)11(17)16-7-1-2-10(8-16)12(18)19;1-8(2,3)6-4-5(7(9)11)10-12-6/h9-10H,1-8H2,(H,18,19);4H,1-3H3,(H2,9,11). The number of piperidine rings is 1. The summed E-state index contributed by atoms with van der Waals surface area (Å²) < 4.78 is 31.0. The number of aliphatic carboxylic acids is 1. The number of carboxylic acids is 1. The highest BCUT2D eigenvalue weighted by atomic mass is 19.3. The molecule has 2 amide bonds. The van der Waals surface area contributed by atoms with E-state index < -0.39 is 23.7 Å². The van der Waals surface area contributed by atoms with Gasteiger partial charge in [0.15, 0.2) is 5.69 Å². The normalized spacial score (nSPS) is 21.7. The number of carboxylic acid groups (broad SMARTS) is 1. The third-order valence-corrected chi connectivity index (χ3v) is 5.65. The molecule has 1 aliphatic heterocycles. The number of alkyl halides is 2. The lowest BCUT2D eigenvalue weighted by molar-refractivity contribution is -0.148. The van der Waals surface area contributed by atoms with Gasteiger partial charge < -0.3 is 20.3 Å². The highest BCUT2D eigenvalue weighted by Gasteiger charge is 2.39. The number of hydrogen-bond donors (Lipinski definition) is 2. The summed E-state index contributed by atoms with van der Waals surface area (Å²) in [7, 11) is 0. The molecule has 0 radical (unpaired) electrons. The molecule has 2 fully saturated rings. The zero-order chi connectivity index (χ0) is 23.4. The molecule has 174 valence electrons. The first kappa shape index (κ1) is 24.7. The molecular weight excluding hydrogens is 412 g/mol. The van der Waals surface area contributed by atoms with E-state index >= 15 is 0 Å². The Morgan fingerprint density at radius 1 is 1.19 bits per heavy atom. The first-order valence-corrected chi connectivity index (χ1v) is 10.5. The first-order chi connectivity index (χ1) is 14.3. The number of nitrogens with zero attached hydrogens (tertiary/aromatic N) is 2. The van der Waals surface area contributed by atoms with Crippen molar-refractivity contribution in [3.63, 3.8) is 0 Å². The Kier molecular flexibility index (Phi) is 7.77. The van der Waals surface area contributed by atoms with E-state index in [-0.39, 0.29) is 55.2 Å². The summed E-state index contributed by atoms with van der Waals surface area (Å²) >= 11 is 0. The third-order valence-electron chi connectivity index (χ3n) is 5.65. The molecule has 2 aliphatic rings. The van der Waals surface area contributed by atoms with E-state index in [0.717, 1.165) is 0 Å². The Hall–Kier alpha value is -2.52. The average molecular weight is 443 g/mol. The maximum atomic E-state index is 13.0. The highest BCUT2D eigenvalue weighted by Crippen LogP contribution is 2.37. The lowest BCUT2D eigenvalue weighted by Gasteiger charge is -2.35. The van der Waals surface area contributed by atoms with Gasteiger partial charge in [0, 0.05) is 43.3 Å². The van der Waals surface area contributed by atoms with Gasteiger partial charge >= 0.3 is 5.97 Å². The van der Waals surface area contributed by atoms with Crippen molar-refractivity contribution in [2.75, 3.05) is 13.1 Å². The second kappa shape index (κ2) is 9.74. The smallest absolute Gasteiger partial charge is 0.308 e. The summed E-state index contributed by atoms with van der Waals surface area (Å²) in [5.74, 6) is -4.42. The largest absolute Gasteiger partial charge is 0.481 e. The minimum atomic E-state index is -2.64. The quantitative estimate of drug-likeness (QED) is 0.739. The SMILES string of the molecule is CC(C)(C)c1cc(C(N)=O)no1.O=C(O)C1CCCN(C(=O)C2CCC(F)(F)CC2)C1. The van der Waals surface area contributed by atoms with Crippen LogP contribution in [-0.4, -0.2) is 52.0 Å². The number of carbonyl (C=O) groups excluding carboxylic acids is 2. The number of aromatic nitrogens is 1. The van der Waals surface area contributed by atoms with Crippen molar-refractivity contribution in [2.24, 2.45) is 17.6 Å². The minimum Gasteiger partial charge on any atom is -0.481 e.